The molecule has 1 aromatic heterocycles. The number of benzene rings is 1. The molecule has 0 atom stereocenters. The van der Waals surface area contributed by atoms with Crippen LogP contribution in [0.25, 0.3) is 0 Å². The van der Waals surface area contributed by atoms with E-state index in [9.17, 15) is 4.79 Å². The van der Waals surface area contributed by atoms with E-state index in [1.54, 1.807) is 0 Å². The molecule has 0 aliphatic carbocycles. The molecule has 5 nitrogen and oxygen atoms in total. The topological polar surface area (TPSA) is 48.5 Å². The smallest absolute Gasteiger partial charge is 0.220 e. The van der Waals surface area contributed by atoms with Crippen molar-refractivity contribution in [3.05, 3.63) is 59.9 Å². The maximum absolute atomic E-state index is 12.3. The number of aryl methyl sites for hydroxylation is 1. The Hall–Kier alpha value is -2.40. The minimum atomic E-state index is 0.166. The highest BCUT2D eigenvalue weighted by Crippen LogP contribution is 2.15. The molecule has 0 saturated carbocycles. The summed E-state index contributed by atoms with van der Waals surface area (Å²) in [4.78, 5) is 20.9. The van der Waals surface area contributed by atoms with E-state index in [0.717, 1.165) is 38.9 Å². The predicted molar refractivity (Wildman–Crippen MR) is 110 cm³/mol. The average Bonchev–Trinajstić information content (AvgIpc) is 2.69. The molecule has 0 spiro atoms. The van der Waals surface area contributed by atoms with Crippen molar-refractivity contribution >= 4 is 11.6 Å². The van der Waals surface area contributed by atoms with Crippen LogP contribution in [-0.4, -0.2) is 49.0 Å². The van der Waals surface area contributed by atoms with E-state index in [-0.39, 0.29) is 5.91 Å². The van der Waals surface area contributed by atoms with Gasteiger partial charge in [0.2, 0.25) is 5.91 Å². The Balaban J connectivity index is 1.36. The number of pyridine rings is 1. The van der Waals surface area contributed by atoms with Gasteiger partial charge < -0.3 is 10.2 Å². The first kappa shape index (κ1) is 19.4. The number of hydrogen-bond donors (Lipinski definition) is 1. The van der Waals surface area contributed by atoms with Gasteiger partial charge in [-0.1, -0.05) is 12.1 Å². The minimum Gasteiger partial charge on any atom is -0.378 e. The van der Waals surface area contributed by atoms with Gasteiger partial charge in [-0.3, -0.25) is 14.7 Å². The second-order valence-electron chi connectivity index (χ2n) is 7.53. The highest BCUT2D eigenvalue weighted by molar-refractivity contribution is 5.76. The minimum absolute atomic E-state index is 0.166. The summed E-state index contributed by atoms with van der Waals surface area (Å²) in [7, 11) is 4.07. The molecule has 3 rings (SSSR count). The third-order valence-electron chi connectivity index (χ3n) is 5.20. The zero-order chi connectivity index (χ0) is 19.1. The van der Waals surface area contributed by atoms with E-state index in [0.29, 0.717) is 12.5 Å². The number of amides is 1. The summed E-state index contributed by atoms with van der Waals surface area (Å²) in [5.74, 6) is 0.166. The van der Waals surface area contributed by atoms with Gasteiger partial charge in [-0.15, -0.1) is 0 Å². The maximum atomic E-state index is 12.3. The lowest BCUT2D eigenvalue weighted by molar-refractivity contribution is -0.122. The van der Waals surface area contributed by atoms with Gasteiger partial charge in [0, 0.05) is 64.3 Å². The summed E-state index contributed by atoms with van der Waals surface area (Å²) < 4.78 is 0. The van der Waals surface area contributed by atoms with Crippen LogP contribution in [0, 0.1) is 0 Å². The lowest BCUT2D eigenvalue weighted by atomic mass is 10.0. The summed E-state index contributed by atoms with van der Waals surface area (Å²) >= 11 is 0. The Kier molecular flexibility index (Phi) is 6.82. The molecule has 2 heterocycles. The predicted octanol–water partition coefficient (Wildman–Crippen LogP) is 2.86. The van der Waals surface area contributed by atoms with E-state index >= 15 is 0 Å². The molecule has 1 aromatic carbocycles. The fourth-order valence-electron chi connectivity index (χ4n) is 3.50. The second-order valence-corrected chi connectivity index (χ2v) is 7.53. The molecule has 1 amide bonds. The van der Waals surface area contributed by atoms with Gasteiger partial charge in [0.15, 0.2) is 0 Å². The quantitative estimate of drug-likeness (QED) is 0.819. The van der Waals surface area contributed by atoms with E-state index in [4.69, 9.17) is 0 Å². The number of rotatable bonds is 7. The van der Waals surface area contributed by atoms with Crippen LogP contribution < -0.4 is 10.2 Å². The van der Waals surface area contributed by atoms with Crippen molar-refractivity contribution in [3.63, 3.8) is 0 Å². The van der Waals surface area contributed by atoms with Gasteiger partial charge in [0.05, 0.1) is 0 Å². The maximum Gasteiger partial charge on any atom is 0.220 e. The van der Waals surface area contributed by atoms with Crippen molar-refractivity contribution < 1.29 is 4.79 Å². The summed E-state index contributed by atoms with van der Waals surface area (Å²) in [5.41, 5.74) is 3.69. The van der Waals surface area contributed by atoms with E-state index < -0.39 is 0 Å². The normalized spacial score (nSPS) is 15.5. The number of nitrogens with zero attached hydrogens (tertiary/aromatic N) is 3. The molecule has 144 valence electrons. The lowest BCUT2D eigenvalue weighted by Crippen LogP contribution is -2.44. The summed E-state index contributed by atoms with van der Waals surface area (Å²) in [5, 5.41) is 3.22. The number of piperidine rings is 1. The van der Waals surface area contributed by atoms with Crippen LogP contribution in [0.5, 0.6) is 0 Å². The Morgan fingerprint density at radius 2 is 1.74 bits per heavy atom. The summed E-state index contributed by atoms with van der Waals surface area (Å²) in [6.45, 7) is 3.02. The van der Waals surface area contributed by atoms with E-state index in [2.05, 4.69) is 56.5 Å². The van der Waals surface area contributed by atoms with Crippen molar-refractivity contribution in [2.24, 2.45) is 0 Å². The number of likely N-dealkylation sites (tertiary alicyclic amines) is 1. The highest BCUT2D eigenvalue weighted by Gasteiger charge is 2.20. The molecule has 1 N–H and O–H groups in total. The molecule has 1 fully saturated rings. The molecule has 1 saturated heterocycles. The zero-order valence-electron chi connectivity index (χ0n) is 16.4. The van der Waals surface area contributed by atoms with Crippen LogP contribution in [0.4, 0.5) is 5.69 Å². The number of nitrogens with one attached hydrogen (secondary N) is 1. The van der Waals surface area contributed by atoms with Crippen molar-refractivity contribution in [1.29, 1.82) is 0 Å². The van der Waals surface area contributed by atoms with Gasteiger partial charge in [0.25, 0.3) is 0 Å². The summed E-state index contributed by atoms with van der Waals surface area (Å²) in [6, 6.07) is 12.9. The number of carbonyl (C=O) groups is 1. The molecule has 2 aromatic rings. The van der Waals surface area contributed by atoms with E-state index in [1.807, 2.05) is 26.5 Å². The Bertz CT molecular complexity index is 707. The van der Waals surface area contributed by atoms with Crippen LogP contribution >= 0.6 is 0 Å². The summed E-state index contributed by atoms with van der Waals surface area (Å²) in [6.07, 6.45) is 7.08. The van der Waals surface area contributed by atoms with Gasteiger partial charge in [-0.05, 0) is 54.7 Å². The monoisotopic (exact) mass is 366 g/mol. The molecule has 0 unspecified atom stereocenters. The molecular formula is C22H30N4O. The standard InChI is InChI=1S/C22H30N4O/c1-25(2)21-6-3-18(4-7-21)5-8-22(27)24-20-11-15-26(16-12-20)17-19-9-13-23-14-10-19/h3-4,6-7,9-10,13-14,20H,5,8,11-12,15-17H2,1-2H3,(H,24,27). The SMILES string of the molecule is CN(C)c1ccc(CCC(=O)NC2CCN(Cc3ccncc3)CC2)cc1. The van der Waals surface area contributed by atoms with E-state index in [1.165, 1.54) is 16.8 Å². The van der Waals surface area contributed by atoms with Gasteiger partial charge >= 0.3 is 0 Å². The van der Waals surface area contributed by atoms with Crippen molar-refractivity contribution in [2.75, 3.05) is 32.1 Å². The van der Waals surface area contributed by atoms with Crippen molar-refractivity contribution in [3.8, 4) is 0 Å². The van der Waals surface area contributed by atoms with Gasteiger partial charge in [-0.25, -0.2) is 0 Å². The van der Waals surface area contributed by atoms with Crippen molar-refractivity contribution in [1.82, 2.24) is 15.2 Å². The molecular weight excluding hydrogens is 336 g/mol. The first-order valence-electron chi connectivity index (χ1n) is 9.77. The van der Waals surface area contributed by atoms with Gasteiger partial charge in [0.1, 0.15) is 0 Å². The second kappa shape index (κ2) is 9.51. The first-order valence-corrected chi connectivity index (χ1v) is 9.77. The van der Waals surface area contributed by atoms with Crippen LogP contribution in [0.1, 0.15) is 30.4 Å². The number of carbonyl (C=O) groups excluding carboxylic acids is 1. The third kappa shape index (κ3) is 6.07. The zero-order valence-corrected chi connectivity index (χ0v) is 16.4. The van der Waals surface area contributed by atoms with Crippen LogP contribution in [0.2, 0.25) is 0 Å². The van der Waals surface area contributed by atoms with Crippen molar-refractivity contribution in [2.45, 2.75) is 38.3 Å². The molecule has 27 heavy (non-hydrogen) atoms. The highest BCUT2D eigenvalue weighted by atomic mass is 16.1. The van der Waals surface area contributed by atoms with Gasteiger partial charge in [-0.2, -0.15) is 0 Å². The Labute approximate surface area is 162 Å². The molecule has 1 aliphatic rings. The molecule has 1 aliphatic heterocycles. The number of hydrogen-bond acceptors (Lipinski definition) is 4. The number of aromatic nitrogens is 1. The Morgan fingerprint density at radius 1 is 1.07 bits per heavy atom. The average molecular weight is 367 g/mol. The third-order valence-corrected chi connectivity index (χ3v) is 5.20. The fourth-order valence-corrected chi connectivity index (χ4v) is 3.50. The molecule has 0 bridgehead atoms. The van der Waals surface area contributed by atoms with Crippen LogP contribution in [0.15, 0.2) is 48.8 Å². The Morgan fingerprint density at radius 3 is 2.37 bits per heavy atom. The fraction of sp³-hybridized carbons (Fsp3) is 0.455. The largest absolute Gasteiger partial charge is 0.378 e. The first-order chi connectivity index (χ1) is 13.1. The molecule has 5 heteroatoms. The number of anilines is 1. The lowest BCUT2D eigenvalue weighted by Gasteiger charge is -2.32. The van der Waals surface area contributed by atoms with Crippen LogP contribution in [0.3, 0.4) is 0 Å². The van der Waals surface area contributed by atoms with Crippen LogP contribution in [-0.2, 0) is 17.8 Å². The molecule has 0 radical (unpaired) electrons.